The van der Waals surface area contributed by atoms with E-state index in [2.05, 4.69) is 19.2 Å². The highest BCUT2D eigenvalue weighted by Gasteiger charge is 2.39. The molecule has 322 valence electrons. The Morgan fingerprint density at radius 3 is 2.02 bits per heavy atom. The average Bonchev–Trinajstić information content (AvgIpc) is 3.39. The first-order valence-corrected chi connectivity index (χ1v) is 23.3. The zero-order chi connectivity index (χ0) is 41.0. The topological polar surface area (TPSA) is 163 Å². The lowest BCUT2D eigenvalue weighted by molar-refractivity contribution is -0.870. The van der Waals surface area contributed by atoms with E-state index in [4.69, 9.17) is 9.05 Å². The summed E-state index contributed by atoms with van der Waals surface area (Å²) in [5, 5.41) is 34.6. The molecule has 0 aromatic carbocycles. The van der Waals surface area contributed by atoms with Gasteiger partial charge in [0.2, 0.25) is 5.91 Å². The molecule has 1 amide bonds. The molecule has 55 heavy (non-hydrogen) atoms. The monoisotopic (exact) mass is 802 g/mol. The first kappa shape index (κ1) is 51.6. The molecular formula is C43H82N2O9P+. The molecule has 0 aliphatic heterocycles. The van der Waals surface area contributed by atoms with E-state index in [0.29, 0.717) is 43.1 Å². The highest BCUT2D eigenvalue weighted by atomic mass is 31.2. The molecule has 1 aliphatic carbocycles. The summed E-state index contributed by atoms with van der Waals surface area (Å²) < 4.78 is 23.6. The Balaban J connectivity index is 2.56. The minimum absolute atomic E-state index is 0.0171. The van der Waals surface area contributed by atoms with Gasteiger partial charge in [-0.3, -0.25) is 18.6 Å². The number of aliphatic hydroxyl groups excluding tert-OH is 3. The number of phosphoric ester groups is 1. The fraction of sp³-hybridized carbons (Fsp3) is 0.860. The van der Waals surface area contributed by atoms with Gasteiger partial charge in [0.25, 0.3) is 0 Å². The number of rotatable bonds is 35. The number of carbonyl (C=O) groups excluding carboxylic acids is 2. The van der Waals surface area contributed by atoms with Gasteiger partial charge in [-0.2, -0.15) is 0 Å². The second-order valence-electron chi connectivity index (χ2n) is 16.9. The van der Waals surface area contributed by atoms with Gasteiger partial charge in [-0.05, 0) is 32.1 Å². The van der Waals surface area contributed by atoms with Gasteiger partial charge >= 0.3 is 7.82 Å². The molecule has 1 aliphatic rings. The average molecular weight is 802 g/mol. The van der Waals surface area contributed by atoms with Crippen molar-refractivity contribution >= 4 is 19.5 Å². The number of Topliss-reactive ketones (excluding diaryl/α,β-unsaturated/α-hetero) is 1. The van der Waals surface area contributed by atoms with Crippen molar-refractivity contribution in [3.8, 4) is 0 Å². The van der Waals surface area contributed by atoms with Crippen LogP contribution in [0.2, 0.25) is 0 Å². The van der Waals surface area contributed by atoms with E-state index in [1.165, 1.54) is 64.2 Å². The van der Waals surface area contributed by atoms with E-state index < -0.39 is 32.2 Å². The predicted octanol–water partition coefficient (Wildman–Crippen LogP) is 8.33. The molecule has 12 heteroatoms. The van der Waals surface area contributed by atoms with Crippen molar-refractivity contribution in [3.05, 3.63) is 24.3 Å². The highest BCUT2D eigenvalue weighted by molar-refractivity contribution is 7.47. The Bertz CT molecular complexity index is 1110. The molecule has 0 aromatic rings. The number of aliphatic hydroxyl groups is 3. The summed E-state index contributed by atoms with van der Waals surface area (Å²) in [6.45, 7) is 4.53. The normalized spacial score (nSPS) is 20.7. The van der Waals surface area contributed by atoms with Gasteiger partial charge in [-0.1, -0.05) is 141 Å². The Morgan fingerprint density at radius 1 is 0.855 bits per heavy atom. The number of nitrogens with zero attached hydrogens (tertiary/aromatic N) is 1. The van der Waals surface area contributed by atoms with Gasteiger partial charge in [0.15, 0.2) is 0 Å². The number of allylic oxidation sites excluding steroid dienone is 2. The molecule has 7 atom stereocenters. The molecule has 0 radical (unpaired) electrons. The number of ketones is 1. The number of phosphoric acid groups is 1. The van der Waals surface area contributed by atoms with Crippen LogP contribution in [0, 0.1) is 11.8 Å². The molecule has 0 saturated heterocycles. The summed E-state index contributed by atoms with van der Waals surface area (Å²) in [7, 11) is 1.45. The third kappa shape index (κ3) is 27.0. The Labute approximate surface area is 334 Å². The van der Waals surface area contributed by atoms with Gasteiger partial charge in [-0.25, -0.2) is 4.57 Å². The first-order valence-electron chi connectivity index (χ1n) is 21.8. The van der Waals surface area contributed by atoms with Gasteiger partial charge in [-0.15, -0.1) is 0 Å². The van der Waals surface area contributed by atoms with Crippen LogP contribution in [-0.2, 0) is 23.2 Å². The zero-order valence-electron chi connectivity index (χ0n) is 35.4. The largest absolute Gasteiger partial charge is 0.472 e. The minimum atomic E-state index is -4.39. The van der Waals surface area contributed by atoms with E-state index in [0.717, 1.165) is 38.5 Å². The molecule has 5 N–H and O–H groups in total. The Morgan fingerprint density at radius 2 is 1.42 bits per heavy atom. The van der Waals surface area contributed by atoms with E-state index in [1.54, 1.807) is 12.2 Å². The second-order valence-corrected chi connectivity index (χ2v) is 18.3. The first-order chi connectivity index (χ1) is 26.2. The van der Waals surface area contributed by atoms with Crippen LogP contribution >= 0.6 is 7.82 Å². The fourth-order valence-electron chi connectivity index (χ4n) is 6.97. The lowest BCUT2D eigenvalue weighted by Gasteiger charge is -2.26. The molecular weight excluding hydrogens is 719 g/mol. The molecule has 0 bridgehead atoms. The number of unbranched alkanes of at least 4 members (excludes halogenated alkanes) is 15. The zero-order valence-corrected chi connectivity index (χ0v) is 36.3. The molecule has 1 rings (SSSR count). The predicted molar refractivity (Wildman–Crippen MR) is 222 cm³/mol. The molecule has 1 fully saturated rings. The maximum absolute atomic E-state index is 13.0. The van der Waals surface area contributed by atoms with Crippen LogP contribution in [-0.4, -0.2) is 102 Å². The van der Waals surface area contributed by atoms with Crippen molar-refractivity contribution < 1.29 is 47.9 Å². The molecule has 0 spiro atoms. The summed E-state index contributed by atoms with van der Waals surface area (Å²) in [5.74, 6) is -0.943. The number of nitrogens with one attached hydrogen (secondary N) is 1. The SMILES string of the molecule is CCCCCCCCCCCCCCC[C@@H](O)[C@H](COP(=O)(O)OCC[N+](C)(C)C)NC(=O)CCC/C=C\C[C@H]1C(=O)C[C@@H](O)[C@@H]1/C=C/[C@@H](O)CCCCC. The van der Waals surface area contributed by atoms with Crippen LogP contribution < -0.4 is 5.32 Å². The second kappa shape index (κ2) is 30.6. The van der Waals surface area contributed by atoms with Crippen molar-refractivity contribution in [1.29, 1.82) is 0 Å². The molecule has 11 nitrogen and oxygen atoms in total. The van der Waals surface area contributed by atoms with Crippen LogP contribution in [0.25, 0.3) is 0 Å². The molecule has 1 saturated carbocycles. The number of amides is 1. The third-order valence-corrected chi connectivity index (χ3v) is 11.6. The van der Waals surface area contributed by atoms with E-state index in [9.17, 15) is 34.4 Å². The van der Waals surface area contributed by atoms with Crippen LogP contribution in [0.4, 0.5) is 0 Å². The maximum Gasteiger partial charge on any atom is 0.472 e. The summed E-state index contributed by atoms with van der Waals surface area (Å²) in [6.07, 6.45) is 27.0. The summed E-state index contributed by atoms with van der Waals surface area (Å²) in [6, 6.07) is -0.863. The number of carbonyl (C=O) groups is 2. The Kier molecular flexibility index (Phi) is 28.7. The number of likely N-dealkylation sites (N-methyl/N-ethyl adjacent to an activating group) is 1. The highest BCUT2D eigenvalue weighted by Crippen LogP contribution is 2.43. The lowest BCUT2D eigenvalue weighted by Crippen LogP contribution is -2.46. The Hall–Kier alpha value is -1.43. The maximum atomic E-state index is 13.0. The lowest BCUT2D eigenvalue weighted by atomic mass is 9.90. The van der Waals surface area contributed by atoms with E-state index in [1.807, 2.05) is 33.3 Å². The van der Waals surface area contributed by atoms with Crippen molar-refractivity contribution in [2.24, 2.45) is 11.8 Å². The third-order valence-electron chi connectivity index (χ3n) is 10.6. The van der Waals surface area contributed by atoms with Crippen LogP contribution in [0.5, 0.6) is 0 Å². The van der Waals surface area contributed by atoms with E-state index in [-0.39, 0.29) is 49.6 Å². The van der Waals surface area contributed by atoms with Gasteiger partial charge in [0.05, 0.1) is 52.1 Å². The van der Waals surface area contributed by atoms with Crippen molar-refractivity contribution in [3.63, 3.8) is 0 Å². The standard InChI is InChI=1S/C43H81N2O9P/c1-6-8-10-11-12-13-14-15-16-17-18-19-24-28-40(47)39(35-54-55(51,52)53-33-32-45(3,4)5)44-43(50)29-25-21-20-23-27-37-38(42(49)34-41(37)48)31-30-36(46)26-22-9-7-2/h20,23,30-31,36-40,42,46-47,49H,6-19,21-22,24-29,32-35H2,1-5H3,(H-,44,50,51,52)/p+1/b23-20-,31-30+/t36-,37+,38+,39-,40+,42+/m0/s1. The van der Waals surface area contributed by atoms with E-state index >= 15 is 0 Å². The minimum Gasteiger partial charge on any atom is -0.392 e. The van der Waals surface area contributed by atoms with Crippen LogP contribution in [0.1, 0.15) is 162 Å². The fourth-order valence-corrected chi connectivity index (χ4v) is 7.70. The van der Waals surface area contributed by atoms with Crippen molar-refractivity contribution in [2.75, 3.05) is 40.9 Å². The van der Waals surface area contributed by atoms with Crippen molar-refractivity contribution in [1.82, 2.24) is 5.32 Å². The van der Waals surface area contributed by atoms with Crippen LogP contribution in [0.3, 0.4) is 0 Å². The molecule has 1 unspecified atom stereocenters. The summed E-state index contributed by atoms with van der Waals surface area (Å²) in [4.78, 5) is 35.8. The summed E-state index contributed by atoms with van der Waals surface area (Å²) >= 11 is 0. The van der Waals surface area contributed by atoms with Gasteiger partial charge in [0, 0.05) is 24.7 Å². The number of hydrogen-bond donors (Lipinski definition) is 5. The quantitative estimate of drug-likeness (QED) is 0.0184. The van der Waals surface area contributed by atoms with Gasteiger partial charge in [0.1, 0.15) is 18.9 Å². The number of hydrogen-bond acceptors (Lipinski definition) is 8. The smallest absolute Gasteiger partial charge is 0.392 e. The molecule has 0 aromatic heterocycles. The van der Waals surface area contributed by atoms with Crippen molar-refractivity contribution in [2.45, 2.75) is 186 Å². The number of quaternary nitrogens is 1. The van der Waals surface area contributed by atoms with Gasteiger partial charge < -0.3 is 30.0 Å². The molecule has 0 heterocycles. The summed E-state index contributed by atoms with van der Waals surface area (Å²) in [5.41, 5.74) is 0. The van der Waals surface area contributed by atoms with Crippen LogP contribution in [0.15, 0.2) is 24.3 Å².